The summed E-state index contributed by atoms with van der Waals surface area (Å²) in [5.41, 5.74) is 3.26. The lowest BCUT2D eigenvalue weighted by molar-refractivity contribution is 0.0952. The Morgan fingerprint density at radius 1 is 1.11 bits per heavy atom. The maximum Gasteiger partial charge on any atom is 0.277 e. The van der Waals surface area contributed by atoms with Gasteiger partial charge in [-0.05, 0) is 43.0 Å². The fourth-order valence-corrected chi connectivity index (χ4v) is 3.18. The van der Waals surface area contributed by atoms with E-state index in [0.717, 1.165) is 29.4 Å². The van der Waals surface area contributed by atoms with Crippen molar-refractivity contribution in [3.8, 4) is 11.3 Å². The number of nitrogens with zero attached hydrogens (tertiary/aromatic N) is 2. The molecule has 0 aliphatic rings. The number of benzene rings is 2. The first-order valence-electron chi connectivity index (χ1n) is 9.89. The van der Waals surface area contributed by atoms with Crippen LogP contribution in [0.25, 0.3) is 22.3 Å². The molecule has 28 heavy (non-hydrogen) atoms. The Morgan fingerprint density at radius 3 is 2.50 bits per heavy atom. The molecular weight excluding hydrogens is 350 g/mol. The van der Waals surface area contributed by atoms with Crippen molar-refractivity contribution < 1.29 is 4.79 Å². The Balaban J connectivity index is 1.91. The van der Waals surface area contributed by atoms with Crippen molar-refractivity contribution in [1.82, 2.24) is 14.9 Å². The molecule has 1 aromatic heterocycles. The van der Waals surface area contributed by atoms with Crippen LogP contribution in [0.2, 0.25) is 0 Å². The quantitative estimate of drug-likeness (QED) is 0.669. The van der Waals surface area contributed by atoms with Gasteiger partial charge in [-0.3, -0.25) is 9.59 Å². The third kappa shape index (κ3) is 4.30. The second-order valence-electron chi connectivity index (χ2n) is 7.42. The van der Waals surface area contributed by atoms with Crippen LogP contribution in [-0.2, 0) is 6.54 Å². The van der Waals surface area contributed by atoms with Crippen LogP contribution in [0.1, 0.15) is 44.0 Å². The molecule has 0 unspecified atom stereocenters. The highest BCUT2D eigenvalue weighted by atomic mass is 16.1. The minimum absolute atomic E-state index is 0.0953. The van der Waals surface area contributed by atoms with Crippen LogP contribution in [0.15, 0.2) is 53.3 Å². The van der Waals surface area contributed by atoms with Crippen molar-refractivity contribution in [3.63, 3.8) is 0 Å². The van der Waals surface area contributed by atoms with Gasteiger partial charge in [0.1, 0.15) is 5.69 Å². The first-order chi connectivity index (χ1) is 13.5. The maximum atomic E-state index is 13.0. The van der Waals surface area contributed by atoms with Crippen LogP contribution >= 0.6 is 0 Å². The Kier molecular flexibility index (Phi) is 6.24. The average molecular weight is 377 g/mol. The zero-order valence-corrected chi connectivity index (χ0v) is 16.7. The third-order valence-corrected chi connectivity index (χ3v) is 4.73. The lowest BCUT2D eigenvalue weighted by atomic mass is 10.1. The second-order valence-corrected chi connectivity index (χ2v) is 7.42. The molecule has 146 valence electrons. The van der Waals surface area contributed by atoms with E-state index in [9.17, 15) is 9.59 Å². The Bertz CT molecular complexity index is 1020. The molecule has 1 amide bonds. The van der Waals surface area contributed by atoms with Crippen molar-refractivity contribution in [2.45, 2.75) is 40.2 Å². The summed E-state index contributed by atoms with van der Waals surface area (Å²) in [6.45, 7) is 7.61. The van der Waals surface area contributed by atoms with Gasteiger partial charge >= 0.3 is 0 Å². The number of fused-ring (bicyclic) bond motifs is 1. The number of nitrogens with one attached hydrogen (secondary N) is 1. The largest absolute Gasteiger partial charge is 0.352 e. The van der Waals surface area contributed by atoms with Crippen molar-refractivity contribution in [3.05, 3.63) is 64.4 Å². The first kappa shape index (κ1) is 19.8. The lowest BCUT2D eigenvalue weighted by Gasteiger charge is -2.12. The van der Waals surface area contributed by atoms with Crippen molar-refractivity contribution in [2.24, 2.45) is 5.92 Å². The molecule has 5 heteroatoms. The van der Waals surface area contributed by atoms with Gasteiger partial charge in [0.25, 0.3) is 11.5 Å². The van der Waals surface area contributed by atoms with Gasteiger partial charge in [-0.1, -0.05) is 45.0 Å². The minimum atomic E-state index is -0.102. The highest BCUT2D eigenvalue weighted by molar-refractivity contribution is 5.94. The van der Waals surface area contributed by atoms with Crippen LogP contribution in [0.3, 0.4) is 0 Å². The van der Waals surface area contributed by atoms with E-state index < -0.39 is 0 Å². The number of hydrogen-bond donors (Lipinski definition) is 1. The number of amides is 1. The number of rotatable bonds is 7. The monoisotopic (exact) mass is 377 g/mol. The van der Waals surface area contributed by atoms with Gasteiger partial charge in [0.05, 0.1) is 11.0 Å². The van der Waals surface area contributed by atoms with Crippen LogP contribution in [0.5, 0.6) is 0 Å². The second kappa shape index (κ2) is 8.83. The van der Waals surface area contributed by atoms with E-state index in [1.165, 1.54) is 0 Å². The van der Waals surface area contributed by atoms with Gasteiger partial charge in [-0.15, -0.1) is 0 Å². The van der Waals surface area contributed by atoms with E-state index in [0.29, 0.717) is 30.3 Å². The summed E-state index contributed by atoms with van der Waals surface area (Å²) >= 11 is 0. The van der Waals surface area contributed by atoms with Crippen LogP contribution in [0, 0.1) is 5.92 Å². The molecule has 0 bridgehead atoms. The molecule has 0 saturated carbocycles. The molecular formula is C23H27N3O2. The summed E-state index contributed by atoms with van der Waals surface area (Å²) in [4.78, 5) is 29.9. The molecule has 0 radical (unpaired) electrons. The van der Waals surface area contributed by atoms with Gasteiger partial charge in [0.15, 0.2) is 0 Å². The highest BCUT2D eigenvalue weighted by Crippen LogP contribution is 2.18. The molecule has 3 rings (SSSR count). The predicted octanol–water partition coefficient (Wildman–Crippen LogP) is 4.25. The first-order valence-corrected chi connectivity index (χ1v) is 9.89. The van der Waals surface area contributed by atoms with Crippen LogP contribution in [0.4, 0.5) is 0 Å². The van der Waals surface area contributed by atoms with Crippen molar-refractivity contribution in [2.75, 3.05) is 6.54 Å². The van der Waals surface area contributed by atoms with E-state index in [1.54, 1.807) is 28.8 Å². The number of hydrogen-bond acceptors (Lipinski definition) is 3. The Morgan fingerprint density at radius 2 is 1.82 bits per heavy atom. The summed E-state index contributed by atoms with van der Waals surface area (Å²) in [6, 6.07) is 14.8. The van der Waals surface area contributed by atoms with Crippen LogP contribution < -0.4 is 10.9 Å². The van der Waals surface area contributed by atoms with E-state index in [-0.39, 0.29) is 11.5 Å². The van der Waals surface area contributed by atoms with E-state index in [2.05, 4.69) is 24.1 Å². The van der Waals surface area contributed by atoms with Gasteiger partial charge < -0.3 is 9.88 Å². The summed E-state index contributed by atoms with van der Waals surface area (Å²) in [7, 11) is 0. The molecule has 5 nitrogen and oxygen atoms in total. The number of carbonyl (C=O) groups is 1. The van der Waals surface area contributed by atoms with E-state index >= 15 is 0 Å². The molecule has 0 fully saturated rings. The maximum absolute atomic E-state index is 13.0. The molecule has 0 spiro atoms. The molecule has 0 aliphatic carbocycles. The minimum Gasteiger partial charge on any atom is -0.352 e. The number of carbonyl (C=O) groups excluding carboxylic acids is 1. The molecule has 1 N–H and O–H groups in total. The van der Waals surface area contributed by atoms with Crippen LogP contribution in [-0.4, -0.2) is 22.0 Å². The topological polar surface area (TPSA) is 64.0 Å². The van der Waals surface area contributed by atoms with Gasteiger partial charge in [0, 0.05) is 24.2 Å². The molecule has 2 aromatic carbocycles. The Hall–Kier alpha value is -2.95. The normalized spacial score (nSPS) is 11.1. The zero-order valence-electron chi connectivity index (χ0n) is 16.7. The van der Waals surface area contributed by atoms with Gasteiger partial charge in [0.2, 0.25) is 0 Å². The zero-order chi connectivity index (χ0) is 20.1. The number of aromatic nitrogens is 2. The van der Waals surface area contributed by atoms with E-state index in [1.807, 2.05) is 31.2 Å². The summed E-state index contributed by atoms with van der Waals surface area (Å²) in [5, 5.41) is 2.93. The molecule has 1 heterocycles. The fraction of sp³-hybridized carbons (Fsp3) is 0.348. The van der Waals surface area contributed by atoms with Crippen molar-refractivity contribution >= 4 is 16.9 Å². The summed E-state index contributed by atoms with van der Waals surface area (Å²) in [6.07, 6.45) is 1.81. The smallest absolute Gasteiger partial charge is 0.277 e. The number of para-hydroxylation sites is 2. The molecule has 0 aliphatic heterocycles. The van der Waals surface area contributed by atoms with Crippen molar-refractivity contribution in [1.29, 1.82) is 0 Å². The summed E-state index contributed by atoms with van der Waals surface area (Å²) in [5.74, 6) is 0.453. The fourth-order valence-electron chi connectivity index (χ4n) is 3.18. The molecule has 0 saturated heterocycles. The SMILES string of the molecule is CCCn1c(=O)c(-c2ccc(C(=O)NCCC(C)C)cc2)nc2ccccc21. The average Bonchev–Trinajstić information content (AvgIpc) is 2.70. The third-order valence-electron chi connectivity index (χ3n) is 4.73. The number of aryl methyl sites for hydroxylation is 1. The lowest BCUT2D eigenvalue weighted by Crippen LogP contribution is -2.25. The summed E-state index contributed by atoms with van der Waals surface area (Å²) < 4.78 is 1.78. The highest BCUT2D eigenvalue weighted by Gasteiger charge is 2.13. The molecule has 3 aromatic rings. The standard InChI is InChI=1S/C23H27N3O2/c1-4-15-26-20-8-6-5-7-19(20)25-21(23(26)28)17-9-11-18(12-10-17)22(27)24-14-13-16(2)3/h5-12,16H,4,13-15H2,1-3H3,(H,24,27). The molecule has 0 atom stereocenters. The van der Waals surface area contributed by atoms with E-state index in [4.69, 9.17) is 0 Å². The van der Waals surface area contributed by atoms with Gasteiger partial charge in [-0.2, -0.15) is 0 Å². The van der Waals surface area contributed by atoms with Gasteiger partial charge in [-0.25, -0.2) is 4.98 Å². The predicted molar refractivity (Wildman–Crippen MR) is 114 cm³/mol. The Labute approximate surface area is 165 Å².